The Hall–Kier alpha value is -0.320. The van der Waals surface area contributed by atoms with E-state index in [1.807, 2.05) is 0 Å². The van der Waals surface area contributed by atoms with Gasteiger partial charge in [0.15, 0.2) is 6.17 Å². The minimum absolute atomic E-state index is 0.735. The Balaban J connectivity index is 3.17. The van der Waals surface area contributed by atoms with Crippen LogP contribution in [0.4, 0.5) is 17.6 Å². The van der Waals surface area contributed by atoms with Crippen LogP contribution >= 0.6 is 0 Å². The van der Waals surface area contributed by atoms with Crippen molar-refractivity contribution in [3.8, 4) is 0 Å². The molecular formula is C5H8F4O. The van der Waals surface area contributed by atoms with Gasteiger partial charge in [0.05, 0.1) is 6.61 Å². The normalized spacial score (nSPS) is 16.8. The predicted molar refractivity (Wildman–Crippen MR) is 27.7 cm³/mol. The van der Waals surface area contributed by atoms with E-state index in [2.05, 4.69) is 4.74 Å². The lowest BCUT2D eigenvalue weighted by atomic mass is 10.4. The Bertz CT molecular complexity index is 70.0. The monoisotopic (exact) mass is 160 g/mol. The van der Waals surface area contributed by atoms with E-state index in [0.29, 0.717) is 0 Å². The van der Waals surface area contributed by atoms with E-state index in [1.54, 1.807) is 0 Å². The van der Waals surface area contributed by atoms with Crippen molar-refractivity contribution in [1.82, 2.24) is 0 Å². The molecule has 5 heteroatoms. The standard InChI is InChI=1S/C5H8F4O/c6-1-4(8)3-10-5(9)2-7/h4-5H,1-3H2. The van der Waals surface area contributed by atoms with Gasteiger partial charge in [-0.05, 0) is 0 Å². The molecule has 0 spiro atoms. The fourth-order valence-corrected chi connectivity index (χ4v) is 0.298. The lowest BCUT2D eigenvalue weighted by molar-refractivity contribution is -0.0715. The molecule has 0 aromatic heterocycles. The number of hydrogen-bond acceptors (Lipinski definition) is 1. The van der Waals surface area contributed by atoms with Crippen LogP contribution in [0.25, 0.3) is 0 Å². The van der Waals surface area contributed by atoms with Crippen molar-refractivity contribution in [1.29, 1.82) is 0 Å². The fraction of sp³-hybridized carbons (Fsp3) is 1.00. The molecule has 0 aliphatic heterocycles. The van der Waals surface area contributed by atoms with Crippen LogP contribution in [0.1, 0.15) is 0 Å². The molecule has 2 unspecified atom stereocenters. The van der Waals surface area contributed by atoms with Gasteiger partial charge in [0.2, 0.25) is 6.36 Å². The summed E-state index contributed by atoms with van der Waals surface area (Å²) in [5.74, 6) is 0. The maximum absolute atomic E-state index is 11.8. The Morgan fingerprint density at radius 3 is 2.10 bits per heavy atom. The third-order valence-electron chi connectivity index (χ3n) is 0.747. The molecule has 0 N–H and O–H groups in total. The largest absolute Gasteiger partial charge is 0.343 e. The van der Waals surface area contributed by atoms with E-state index >= 15 is 0 Å². The lowest BCUT2D eigenvalue weighted by Gasteiger charge is -2.06. The smallest absolute Gasteiger partial charge is 0.227 e. The highest BCUT2D eigenvalue weighted by Gasteiger charge is 2.10. The number of rotatable bonds is 5. The zero-order chi connectivity index (χ0) is 7.98. The Kier molecular flexibility index (Phi) is 5.29. The summed E-state index contributed by atoms with van der Waals surface area (Å²) in [6.45, 7) is -3.31. The highest BCUT2D eigenvalue weighted by atomic mass is 19.2. The minimum atomic E-state index is -2.13. The molecule has 0 aromatic rings. The van der Waals surface area contributed by atoms with Crippen molar-refractivity contribution >= 4 is 0 Å². The summed E-state index contributed by atoms with van der Waals surface area (Å²) in [5.41, 5.74) is 0. The third kappa shape index (κ3) is 4.55. The van der Waals surface area contributed by atoms with E-state index in [1.165, 1.54) is 0 Å². The zero-order valence-electron chi connectivity index (χ0n) is 5.20. The second-order valence-corrected chi connectivity index (χ2v) is 1.65. The summed E-state index contributed by atoms with van der Waals surface area (Å²) in [5, 5.41) is 0. The third-order valence-corrected chi connectivity index (χ3v) is 0.747. The summed E-state index contributed by atoms with van der Waals surface area (Å²) in [6, 6.07) is 0. The first kappa shape index (κ1) is 9.68. The van der Waals surface area contributed by atoms with Gasteiger partial charge >= 0.3 is 0 Å². The molecule has 0 saturated heterocycles. The molecule has 0 bridgehead atoms. The van der Waals surface area contributed by atoms with E-state index in [4.69, 9.17) is 0 Å². The van der Waals surface area contributed by atoms with Gasteiger partial charge in [-0.25, -0.2) is 17.6 Å². The van der Waals surface area contributed by atoms with Gasteiger partial charge in [-0.2, -0.15) is 0 Å². The number of halogens is 4. The number of ether oxygens (including phenoxy) is 1. The summed E-state index contributed by atoms with van der Waals surface area (Å²) >= 11 is 0. The van der Waals surface area contributed by atoms with Crippen molar-refractivity contribution in [3.63, 3.8) is 0 Å². The molecule has 2 atom stereocenters. The fourth-order valence-electron chi connectivity index (χ4n) is 0.298. The summed E-state index contributed by atoms with van der Waals surface area (Å²) < 4.78 is 50.0. The summed E-state index contributed by atoms with van der Waals surface area (Å²) in [6.07, 6.45) is -3.99. The first-order valence-corrected chi connectivity index (χ1v) is 2.72. The second kappa shape index (κ2) is 5.46. The molecule has 0 aliphatic carbocycles. The van der Waals surface area contributed by atoms with Crippen LogP contribution in [0, 0.1) is 0 Å². The van der Waals surface area contributed by atoms with Crippen LogP contribution in [0.15, 0.2) is 0 Å². The van der Waals surface area contributed by atoms with Gasteiger partial charge < -0.3 is 4.74 Å². The van der Waals surface area contributed by atoms with Crippen LogP contribution in [0.2, 0.25) is 0 Å². The predicted octanol–water partition coefficient (Wildman–Crippen LogP) is 1.58. The molecule has 0 saturated carbocycles. The van der Waals surface area contributed by atoms with Gasteiger partial charge in [-0.1, -0.05) is 0 Å². The molecule has 0 aliphatic rings. The second-order valence-electron chi connectivity index (χ2n) is 1.65. The van der Waals surface area contributed by atoms with Gasteiger partial charge in [-0.3, -0.25) is 0 Å². The maximum atomic E-state index is 11.8. The van der Waals surface area contributed by atoms with Crippen molar-refractivity contribution < 1.29 is 22.3 Å². The molecule has 0 radical (unpaired) electrons. The highest BCUT2D eigenvalue weighted by Crippen LogP contribution is 1.99. The van der Waals surface area contributed by atoms with Gasteiger partial charge in [0.25, 0.3) is 0 Å². The molecule has 0 rings (SSSR count). The Morgan fingerprint density at radius 1 is 1.10 bits per heavy atom. The molecule has 0 amide bonds. The molecule has 62 valence electrons. The van der Waals surface area contributed by atoms with Gasteiger partial charge in [0, 0.05) is 0 Å². The van der Waals surface area contributed by atoms with Crippen LogP contribution in [0.3, 0.4) is 0 Å². The zero-order valence-corrected chi connectivity index (χ0v) is 5.20. The van der Waals surface area contributed by atoms with E-state index in [-0.39, 0.29) is 0 Å². The summed E-state index contributed by atoms with van der Waals surface area (Å²) in [4.78, 5) is 0. The first-order chi connectivity index (χ1) is 4.70. The number of alkyl halides is 4. The minimum Gasteiger partial charge on any atom is -0.343 e. The molecule has 1 nitrogen and oxygen atoms in total. The highest BCUT2D eigenvalue weighted by molar-refractivity contribution is 4.50. The van der Waals surface area contributed by atoms with E-state index in [9.17, 15) is 17.6 Å². The first-order valence-electron chi connectivity index (χ1n) is 2.72. The van der Waals surface area contributed by atoms with Gasteiger partial charge in [-0.15, -0.1) is 0 Å². The molecular weight excluding hydrogens is 152 g/mol. The molecule has 0 heterocycles. The van der Waals surface area contributed by atoms with Crippen molar-refractivity contribution in [2.75, 3.05) is 20.0 Å². The van der Waals surface area contributed by atoms with Crippen LogP contribution < -0.4 is 0 Å². The van der Waals surface area contributed by atoms with Crippen molar-refractivity contribution in [2.24, 2.45) is 0 Å². The molecule has 10 heavy (non-hydrogen) atoms. The SMILES string of the molecule is FCC(F)COC(F)CF. The lowest BCUT2D eigenvalue weighted by Crippen LogP contribution is -2.18. The van der Waals surface area contributed by atoms with Gasteiger partial charge in [0.1, 0.15) is 13.3 Å². The van der Waals surface area contributed by atoms with Crippen molar-refractivity contribution in [2.45, 2.75) is 12.5 Å². The van der Waals surface area contributed by atoms with Crippen LogP contribution in [-0.4, -0.2) is 32.5 Å². The van der Waals surface area contributed by atoms with Crippen LogP contribution in [-0.2, 0) is 4.74 Å². The maximum Gasteiger partial charge on any atom is 0.227 e. The van der Waals surface area contributed by atoms with E-state index in [0.717, 1.165) is 0 Å². The average Bonchev–Trinajstić information content (AvgIpc) is 1.99. The van der Waals surface area contributed by atoms with Crippen molar-refractivity contribution in [3.05, 3.63) is 0 Å². The molecule has 0 fully saturated rings. The van der Waals surface area contributed by atoms with E-state index < -0.39 is 32.5 Å². The average molecular weight is 160 g/mol. The Labute approximate surface area is 56.0 Å². The number of hydrogen-bond donors (Lipinski definition) is 0. The summed E-state index contributed by atoms with van der Waals surface area (Å²) in [7, 11) is 0. The molecule has 0 aromatic carbocycles. The van der Waals surface area contributed by atoms with Crippen LogP contribution in [0.5, 0.6) is 0 Å². The quantitative estimate of drug-likeness (QED) is 0.555. The topological polar surface area (TPSA) is 9.23 Å². The Morgan fingerprint density at radius 2 is 1.70 bits per heavy atom.